The third kappa shape index (κ3) is 6.17. The molecule has 1 aromatic heterocycles. The van der Waals surface area contributed by atoms with Crippen molar-refractivity contribution in [3.05, 3.63) is 74.9 Å². The van der Waals surface area contributed by atoms with Crippen LogP contribution in [0.1, 0.15) is 36.3 Å². The Morgan fingerprint density at radius 1 is 1.19 bits per heavy atom. The van der Waals surface area contributed by atoms with Gasteiger partial charge in [-0.05, 0) is 43.3 Å². The first-order valence-electron chi connectivity index (χ1n) is 11.5. The van der Waals surface area contributed by atoms with Gasteiger partial charge in [-0.15, -0.1) is 0 Å². The van der Waals surface area contributed by atoms with Crippen LogP contribution >= 0.6 is 19.0 Å². The van der Waals surface area contributed by atoms with E-state index in [1.165, 1.54) is 28.9 Å². The largest absolute Gasteiger partial charge is 0.321 e. The van der Waals surface area contributed by atoms with Crippen molar-refractivity contribution < 1.29 is 14.3 Å². The van der Waals surface area contributed by atoms with E-state index in [9.17, 15) is 19.5 Å². The molecule has 0 saturated heterocycles. The number of carbonyl (C=O) groups is 1. The van der Waals surface area contributed by atoms with Crippen LogP contribution in [0.2, 0.25) is 5.02 Å². The summed E-state index contributed by atoms with van der Waals surface area (Å²) in [6, 6.07) is 14.0. The Morgan fingerprint density at radius 3 is 2.35 bits per heavy atom. The molecule has 0 unspecified atom stereocenters. The first kappa shape index (κ1) is 27.9. The van der Waals surface area contributed by atoms with Crippen LogP contribution in [-0.4, -0.2) is 38.4 Å². The van der Waals surface area contributed by atoms with E-state index >= 15 is 0 Å². The van der Waals surface area contributed by atoms with Crippen molar-refractivity contribution in [2.24, 2.45) is 0 Å². The lowest BCUT2D eigenvalue weighted by Gasteiger charge is -2.31. The number of nitrogens with zero attached hydrogens (tertiary/aromatic N) is 5. The Labute approximate surface area is 219 Å². The van der Waals surface area contributed by atoms with Crippen LogP contribution in [0.15, 0.2) is 48.5 Å². The summed E-state index contributed by atoms with van der Waals surface area (Å²) in [6.07, 6.45) is 0.121. The topological polar surface area (TPSA) is 146 Å². The minimum Gasteiger partial charge on any atom is -0.321 e. The second-order valence-corrected chi connectivity index (χ2v) is 10.8. The Morgan fingerprint density at radius 2 is 1.81 bits per heavy atom. The van der Waals surface area contributed by atoms with E-state index in [2.05, 4.69) is 21.6 Å². The molecule has 194 valence electrons. The van der Waals surface area contributed by atoms with Crippen LogP contribution in [0.4, 0.5) is 17.2 Å². The van der Waals surface area contributed by atoms with Crippen LogP contribution in [0.5, 0.6) is 0 Å². The molecule has 0 aliphatic heterocycles. The number of hydrogen-bond acceptors (Lipinski definition) is 6. The molecule has 37 heavy (non-hydrogen) atoms. The van der Waals surface area contributed by atoms with E-state index < -0.39 is 18.3 Å². The van der Waals surface area contributed by atoms with Gasteiger partial charge in [0.15, 0.2) is 0 Å². The Kier molecular flexibility index (Phi) is 9.05. The van der Waals surface area contributed by atoms with Gasteiger partial charge in [0.1, 0.15) is 11.1 Å². The predicted molar refractivity (Wildman–Crippen MR) is 143 cm³/mol. The number of anilines is 2. The van der Waals surface area contributed by atoms with E-state index in [4.69, 9.17) is 16.9 Å². The molecule has 0 aliphatic rings. The second-order valence-electron chi connectivity index (χ2n) is 8.01. The van der Waals surface area contributed by atoms with Gasteiger partial charge >= 0.3 is 0 Å². The molecule has 1 amide bonds. The average Bonchev–Trinajstić information content (AvgIpc) is 3.19. The summed E-state index contributed by atoms with van der Waals surface area (Å²) in [4.78, 5) is 23.7. The molecule has 3 aromatic rings. The Bertz CT molecular complexity index is 1360. The summed E-state index contributed by atoms with van der Waals surface area (Å²) >= 11 is 5.95. The summed E-state index contributed by atoms with van der Waals surface area (Å²) in [5, 5.41) is 31.4. The van der Waals surface area contributed by atoms with E-state index in [1.807, 2.05) is 13.8 Å². The van der Waals surface area contributed by atoms with Crippen LogP contribution in [0, 0.1) is 28.4 Å². The summed E-state index contributed by atoms with van der Waals surface area (Å²) in [7, 11) is -3.67. The van der Waals surface area contributed by atoms with E-state index in [-0.39, 0.29) is 29.8 Å². The van der Waals surface area contributed by atoms with Crippen LogP contribution in [-0.2, 0) is 11.1 Å². The summed E-state index contributed by atoms with van der Waals surface area (Å²) in [5.41, 5.74) is 1.05. The lowest BCUT2D eigenvalue weighted by atomic mass is 10.2. The maximum atomic E-state index is 14.9. The molecule has 2 N–H and O–H groups in total. The lowest BCUT2D eigenvalue weighted by Crippen LogP contribution is -2.33. The monoisotopic (exact) mass is 543 g/mol. The van der Waals surface area contributed by atoms with Crippen molar-refractivity contribution in [3.8, 4) is 6.07 Å². The predicted octanol–water partition coefficient (Wildman–Crippen LogP) is 5.19. The maximum absolute atomic E-state index is 14.9. The summed E-state index contributed by atoms with van der Waals surface area (Å²) in [5.74, 6) is -0.255. The van der Waals surface area contributed by atoms with Crippen LogP contribution in [0.25, 0.3) is 0 Å². The Hall–Kier alpha value is -3.71. The van der Waals surface area contributed by atoms with E-state index in [0.29, 0.717) is 35.1 Å². The summed E-state index contributed by atoms with van der Waals surface area (Å²) < 4.78 is 18.0. The molecule has 11 nitrogen and oxygen atoms in total. The van der Waals surface area contributed by atoms with Gasteiger partial charge in [-0.3, -0.25) is 19.5 Å². The molecule has 3 rings (SSSR count). The molecular weight excluding hydrogens is 517 g/mol. The fourth-order valence-electron chi connectivity index (χ4n) is 3.88. The number of carbonyl (C=O) groups excluding carboxylic acids is 1. The first-order chi connectivity index (χ1) is 17.6. The van der Waals surface area contributed by atoms with Crippen molar-refractivity contribution >= 4 is 47.4 Å². The van der Waals surface area contributed by atoms with Crippen molar-refractivity contribution in [3.63, 3.8) is 0 Å². The number of nitro benzene ring substituents is 1. The number of rotatable bonds is 11. The highest BCUT2D eigenvalue weighted by molar-refractivity contribution is 7.71. The third-order valence-corrected chi connectivity index (χ3v) is 8.98. The van der Waals surface area contributed by atoms with Gasteiger partial charge in [0.25, 0.3) is 19.0 Å². The van der Waals surface area contributed by atoms with Gasteiger partial charge < -0.3 is 10.4 Å². The number of nitro groups is 1. The summed E-state index contributed by atoms with van der Waals surface area (Å²) in [6.45, 7) is 6.37. The zero-order chi connectivity index (χ0) is 27.2. The van der Waals surface area contributed by atoms with Crippen molar-refractivity contribution in [2.75, 3.05) is 23.5 Å². The number of halogens is 1. The maximum Gasteiger partial charge on any atom is 0.272 e. The average molecular weight is 544 g/mol. The van der Waals surface area contributed by atoms with Gasteiger partial charge in [-0.1, -0.05) is 25.4 Å². The van der Waals surface area contributed by atoms with Crippen LogP contribution < -0.4 is 15.7 Å². The minimum absolute atomic E-state index is 0.0976. The molecule has 0 fully saturated rings. The number of nitrogens with one attached hydrogen (secondary N) is 2. The third-order valence-electron chi connectivity index (χ3n) is 5.66. The molecular formula is C24H27ClN7O4P. The van der Waals surface area contributed by atoms with Gasteiger partial charge in [-0.2, -0.15) is 10.4 Å². The minimum atomic E-state index is -3.67. The van der Waals surface area contributed by atoms with E-state index in [0.717, 1.165) is 0 Å². The zero-order valence-electron chi connectivity index (χ0n) is 20.6. The number of amides is 1. The molecule has 1 heterocycles. The molecule has 0 saturated carbocycles. The lowest BCUT2D eigenvalue weighted by molar-refractivity contribution is -0.384. The number of benzene rings is 2. The molecule has 2 aromatic carbocycles. The van der Waals surface area contributed by atoms with Gasteiger partial charge in [0.2, 0.25) is 0 Å². The van der Waals surface area contributed by atoms with Crippen LogP contribution in [0.3, 0.4) is 0 Å². The second kappa shape index (κ2) is 12.0. The highest BCUT2D eigenvalue weighted by atomic mass is 35.5. The molecule has 13 heteroatoms. The highest BCUT2D eigenvalue weighted by Gasteiger charge is 2.38. The smallest absolute Gasteiger partial charge is 0.272 e. The van der Waals surface area contributed by atoms with E-state index in [1.54, 1.807) is 35.9 Å². The molecule has 0 spiro atoms. The number of aryl methyl sites for hydroxylation is 2. The number of nitriles is 1. The molecule has 0 bridgehead atoms. The van der Waals surface area contributed by atoms with Gasteiger partial charge in [0, 0.05) is 41.5 Å². The molecule has 1 atom stereocenters. The van der Waals surface area contributed by atoms with Gasteiger partial charge in [-0.25, -0.2) is 9.35 Å². The fraction of sp³-hybridized carbons (Fsp3) is 0.292. The van der Waals surface area contributed by atoms with Gasteiger partial charge in [0.05, 0.1) is 29.7 Å². The van der Waals surface area contributed by atoms with Crippen molar-refractivity contribution in [1.29, 1.82) is 5.26 Å². The SMILES string of the molecule is CCN(CC)[P@@](=O)(Nc1ccc([N+](=O)[O-])cc1)c1c(C)nn(CCC#N)c1NC(=O)c1ccc(Cl)cc1. The fourth-order valence-corrected chi connectivity index (χ4v) is 6.78. The number of hydrogen-bond donors (Lipinski definition) is 2. The normalized spacial score (nSPS) is 12.5. The molecule has 0 aliphatic carbocycles. The highest BCUT2D eigenvalue weighted by Crippen LogP contribution is 2.51. The standard InChI is InChI=1S/C24H27ClN7O4P/c1-4-30(5-2)37(36,29-20-11-13-21(14-12-20)32(34)35)22-17(3)28-31(16-6-15-26)23(22)27-24(33)18-7-9-19(25)10-8-18/h7-14H,4-6,16H2,1-3H3,(H,27,33)(H,29,36)/t37-/m0/s1. The Balaban J connectivity index is 2.15. The quantitative estimate of drug-likeness (QED) is 0.191. The molecule has 0 radical (unpaired) electrons. The van der Waals surface area contributed by atoms with Crippen molar-refractivity contribution in [1.82, 2.24) is 14.5 Å². The van der Waals surface area contributed by atoms with Crippen molar-refractivity contribution in [2.45, 2.75) is 33.7 Å². The number of non-ortho nitro benzene ring substituents is 1. The first-order valence-corrected chi connectivity index (χ1v) is 13.6. The number of aromatic nitrogens is 2. The zero-order valence-corrected chi connectivity index (χ0v) is 22.3.